The van der Waals surface area contributed by atoms with Gasteiger partial charge in [0.25, 0.3) is 0 Å². The van der Waals surface area contributed by atoms with E-state index in [0.29, 0.717) is 32.9 Å². The van der Waals surface area contributed by atoms with Gasteiger partial charge in [-0.25, -0.2) is 0 Å². The van der Waals surface area contributed by atoms with E-state index in [-0.39, 0.29) is 0 Å². The Hall–Kier alpha value is 0.0782. The molecular weight excluding hydrogens is 418 g/mol. The summed E-state index contributed by atoms with van der Waals surface area (Å²) in [5.74, 6) is 1.34. The Morgan fingerprint density at radius 1 is 1.10 bits per heavy atom. The van der Waals surface area contributed by atoms with Crippen molar-refractivity contribution in [2.75, 3.05) is 0 Å². The first-order valence-electron chi connectivity index (χ1n) is 7.44. The van der Waals surface area contributed by atoms with Crippen molar-refractivity contribution >= 4 is 37.8 Å². The van der Waals surface area contributed by atoms with Gasteiger partial charge in [0.05, 0.1) is 0 Å². The zero-order chi connectivity index (χ0) is 14.8. The SMILES string of the molecule is C[C@@H]1C(C[Se]c2ccccc2)C=[C]([Sn]([CH3])([CH3])[CH3])O[C@@H]1C. The van der Waals surface area contributed by atoms with Crippen LogP contribution in [0.2, 0.25) is 20.1 Å². The van der Waals surface area contributed by atoms with Gasteiger partial charge in [-0.15, -0.1) is 0 Å². The van der Waals surface area contributed by atoms with Crippen molar-refractivity contribution in [2.24, 2.45) is 11.8 Å². The van der Waals surface area contributed by atoms with Crippen LogP contribution < -0.4 is 4.46 Å². The van der Waals surface area contributed by atoms with E-state index in [0.717, 1.165) is 0 Å². The summed E-state index contributed by atoms with van der Waals surface area (Å²) in [5, 5.41) is 1.30. The molecule has 0 N–H and O–H groups in total. The number of rotatable bonds is 4. The summed E-state index contributed by atoms with van der Waals surface area (Å²) < 4.78 is 9.11. The minimum atomic E-state index is -2.07. The molecule has 1 aromatic rings. The van der Waals surface area contributed by atoms with E-state index >= 15 is 0 Å². The quantitative estimate of drug-likeness (QED) is 0.642. The predicted octanol–water partition coefficient (Wildman–Crippen LogP) is 3.87. The topological polar surface area (TPSA) is 9.23 Å². The Morgan fingerprint density at radius 3 is 2.35 bits per heavy atom. The summed E-state index contributed by atoms with van der Waals surface area (Å²) in [6.07, 6.45) is 2.87. The predicted molar refractivity (Wildman–Crippen MR) is 91.3 cm³/mol. The zero-order valence-electron chi connectivity index (χ0n) is 13.2. The average Bonchev–Trinajstić information content (AvgIpc) is 2.40. The molecule has 0 aliphatic carbocycles. The Bertz CT molecular complexity index is 464. The fourth-order valence-electron chi connectivity index (χ4n) is 2.38. The first-order chi connectivity index (χ1) is 9.38. The third kappa shape index (κ3) is 4.29. The number of hydrogen-bond donors (Lipinski definition) is 0. The molecule has 1 heterocycles. The van der Waals surface area contributed by atoms with Crippen molar-refractivity contribution < 1.29 is 4.74 Å². The molecule has 0 amide bonds. The van der Waals surface area contributed by atoms with E-state index < -0.39 is 18.4 Å². The molecule has 1 nitrogen and oxygen atoms in total. The van der Waals surface area contributed by atoms with Gasteiger partial charge in [-0.1, -0.05) is 0 Å². The Labute approximate surface area is 134 Å². The van der Waals surface area contributed by atoms with Crippen molar-refractivity contribution in [3.8, 4) is 0 Å². The second-order valence-electron chi connectivity index (χ2n) is 6.75. The molecule has 0 saturated heterocycles. The Kier molecular flexibility index (Phi) is 5.67. The van der Waals surface area contributed by atoms with Crippen molar-refractivity contribution in [3.63, 3.8) is 0 Å². The van der Waals surface area contributed by atoms with E-state index in [4.69, 9.17) is 4.74 Å². The first-order valence-corrected chi connectivity index (χ1v) is 19.5. The molecule has 110 valence electrons. The molecule has 1 aromatic carbocycles. The molecule has 0 saturated carbocycles. The van der Waals surface area contributed by atoms with Crippen LogP contribution in [0.1, 0.15) is 13.8 Å². The standard InChI is InChI=1S/C14H17OSe.3CH3.Sn/c1-11-12(2)15-9-8-13(11)10-16-14-6-4-3-5-7-14;;;;/h3-8,11-13H,10H2,1-2H3;3*1H3;/t11-,12+,13?;;;;/m0..../s1. The maximum absolute atomic E-state index is 6.21. The number of hydrogen-bond acceptors (Lipinski definition) is 1. The van der Waals surface area contributed by atoms with Crippen LogP contribution in [0.3, 0.4) is 0 Å². The van der Waals surface area contributed by atoms with Gasteiger partial charge >= 0.3 is 135 Å². The van der Waals surface area contributed by atoms with E-state index in [1.165, 1.54) is 13.6 Å². The summed E-state index contributed by atoms with van der Waals surface area (Å²) in [5.41, 5.74) is 0. The molecule has 1 aliphatic heterocycles. The fourth-order valence-corrected chi connectivity index (χ4v) is 8.33. The fraction of sp³-hybridized carbons (Fsp3) is 0.529. The molecular formula is C17H26OSeSn. The Balaban J connectivity index is 2.08. The zero-order valence-corrected chi connectivity index (χ0v) is 17.8. The Morgan fingerprint density at radius 2 is 1.75 bits per heavy atom. The van der Waals surface area contributed by atoms with E-state index in [2.05, 4.69) is 65.1 Å². The van der Waals surface area contributed by atoms with Crippen molar-refractivity contribution in [1.29, 1.82) is 0 Å². The second kappa shape index (κ2) is 6.89. The molecule has 3 atom stereocenters. The van der Waals surface area contributed by atoms with Crippen LogP contribution in [0.25, 0.3) is 0 Å². The van der Waals surface area contributed by atoms with Crippen LogP contribution >= 0.6 is 0 Å². The number of ether oxygens (including phenoxy) is 1. The summed E-state index contributed by atoms with van der Waals surface area (Å²) in [6.45, 7) is 4.60. The van der Waals surface area contributed by atoms with Crippen LogP contribution in [0.5, 0.6) is 0 Å². The monoisotopic (exact) mass is 446 g/mol. The van der Waals surface area contributed by atoms with Gasteiger partial charge in [0, 0.05) is 0 Å². The third-order valence-electron chi connectivity index (χ3n) is 4.02. The molecule has 0 bridgehead atoms. The molecule has 1 aliphatic rings. The van der Waals surface area contributed by atoms with E-state index in [1.54, 1.807) is 0 Å². The van der Waals surface area contributed by atoms with Crippen molar-refractivity contribution in [2.45, 2.75) is 40.1 Å². The molecule has 0 spiro atoms. The molecule has 1 unspecified atom stereocenters. The van der Waals surface area contributed by atoms with Gasteiger partial charge in [-0.3, -0.25) is 0 Å². The average molecular weight is 444 g/mol. The first kappa shape index (κ1) is 16.4. The van der Waals surface area contributed by atoms with Crippen LogP contribution in [0, 0.1) is 11.8 Å². The van der Waals surface area contributed by atoms with Gasteiger partial charge in [-0.2, -0.15) is 0 Å². The van der Waals surface area contributed by atoms with Gasteiger partial charge in [0.1, 0.15) is 0 Å². The van der Waals surface area contributed by atoms with Crippen molar-refractivity contribution in [1.82, 2.24) is 0 Å². The van der Waals surface area contributed by atoms with Crippen molar-refractivity contribution in [3.05, 3.63) is 40.2 Å². The molecule has 0 fully saturated rings. The molecule has 2 rings (SSSR count). The summed E-state index contributed by atoms with van der Waals surface area (Å²) >= 11 is -1.50. The number of allylic oxidation sites excluding steroid dienone is 1. The van der Waals surface area contributed by atoms with Crippen LogP contribution in [-0.2, 0) is 4.74 Å². The minimum absolute atomic E-state index is 0.377. The second-order valence-corrected chi connectivity index (χ2v) is 23.3. The number of benzene rings is 1. The van der Waals surface area contributed by atoms with Gasteiger partial charge < -0.3 is 0 Å². The molecule has 20 heavy (non-hydrogen) atoms. The summed E-state index contributed by atoms with van der Waals surface area (Å²) in [4.78, 5) is 7.34. The summed E-state index contributed by atoms with van der Waals surface area (Å²) in [6, 6.07) is 10.9. The van der Waals surface area contributed by atoms with E-state index in [9.17, 15) is 0 Å². The normalized spacial score (nSPS) is 26.9. The van der Waals surface area contributed by atoms with Gasteiger partial charge in [0.2, 0.25) is 0 Å². The molecule has 0 aromatic heterocycles. The van der Waals surface area contributed by atoms with Gasteiger partial charge in [-0.05, 0) is 0 Å². The third-order valence-corrected chi connectivity index (χ3v) is 11.5. The van der Waals surface area contributed by atoms with Gasteiger partial charge in [0.15, 0.2) is 0 Å². The maximum atomic E-state index is 6.21. The van der Waals surface area contributed by atoms with Crippen LogP contribution in [0.15, 0.2) is 40.2 Å². The van der Waals surface area contributed by atoms with E-state index in [1.807, 2.05) is 0 Å². The van der Waals surface area contributed by atoms with Crippen LogP contribution in [0.4, 0.5) is 0 Å². The van der Waals surface area contributed by atoms with Crippen LogP contribution in [-0.4, -0.2) is 39.4 Å². The molecule has 3 heteroatoms. The molecule has 0 radical (unpaired) electrons. The summed E-state index contributed by atoms with van der Waals surface area (Å²) in [7, 11) is 0.